The first-order valence-corrected chi connectivity index (χ1v) is 26.4. The maximum atomic E-state index is 2.57. The molecular weight excluding hydrogens is 885 g/mol. The van der Waals surface area contributed by atoms with Crippen LogP contribution in [0.5, 0.6) is 0 Å². The van der Waals surface area contributed by atoms with Crippen molar-refractivity contribution in [2.24, 2.45) is 0 Å². The summed E-state index contributed by atoms with van der Waals surface area (Å²) in [5.74, 6) is 0.124. The molecule has 1 heterocycles. The molecule has 1 spiro atoms. The summed E-state index contributed by atoms with van der Waals surface area (Å²) in [6.07, 6.45) is 1.86. The van der Waals surface area contributed by atoms with Gasteiger partial charge in [-0.2, -0.15) is 0 Å². The van der Waals surface area contributed by atoms with Gasteiger partial charge in [-0.1, -0.05) is 256 Å². The van der Waals surface area contributed by atoms with Crippen LogP contribution in [0.15, 0.2) is 259 Å². The van der Waals surface area contributed by atoms with Crippen molar-refractivity contribution in [2.75, 3.05) is 0 Å². The highest BCUT2D eigenvalue weighted by atomic mass is 32.2. The molecule has 11 aromatic carbocycles. The van der Waals surface area contributed by atoms with Crippen LogP contribution in [0.2, 0.25) is 0 Å². The molecule has 1 atom stereocenters. The van der Waals surface area contributed by atoms with Crippen molar-refractivity contribution in [1.29, 1.82) is 0 Å². The lowest BCUT2D eigenvalue weighted by molar-refractivity contribution is 0.660. The zero-order valence-electron chi connectivity index (χ0n) is 40.6. The van der Waals surface area contributed by atoms with Crippen LogP contribution in [0.4, 0.5) is 0 Å². The Labute approximate surface area is 427 Å². The molecule has 0 nitrogen and oxygen atoms in total. The van der Waals surface area contributed by atoms with Gasteiger partial charge in [-0.05, 0) is 148 Å². The van der Waals surface area contributed by atoms with E-state index in [1.165, 1.54) is 126 Å². The number of fused-ring (bicyclic) bond motifs is 13. The Morgan fingerprint density at radius 1 is 0.347 bits per heavy atom. The maximum Gasteiger partial charge on any atom is 0.0735 e. The molecule has 2 aliphatic carbocycles. The smallest absolute Gasteiger partial charge is 0.0735 e. The third-order valence-electron chi connectivity index (χ3n) is 16.5. The van der Waals surface area contributed by atoms with Crippen LogP contribution in [0, 0.1) is 0 Å². The molecule has 1 heteroatoms. The highest BCUT2D eigenvalue weighted by Gasteiger charge is 2.50. The topological polar surface area (TPSA) is 0 Å². The van der Waals surface area contributed by atoms with Crippen LogP contribution in [-0.2, 0) is 17.3 Å². The molecule has 1 unspecified atom stereocenters. The van der Waals surface area contributed by atoms with Crippen molar-refractivity contribution in [2.45, 2.75) is 53.2 Å². The zero-order chi connectivity index (χ0) is 48.0. The Morgan fingerprint density at radius 3 is 1.62 bits per heavy atom. The second-order valence-electron chi connectivity index (χ2n) is 20.5. The van der Waals surface area contributed by atoms with Gasteiger partial charge in [-0.3, -0.25) is 0 Å². The Hall–Kier alpha value is -7.97. The minimum absolute atomic E-state index is 0.0599. The van der Waals surface area contributed by atoms with Crippen LogP contribution < -0.4 is 0 Å². The molecule has 3 aliphatic rings. The van der Waals surface area contributed by atoms with Crippen LogP contribution in [0.25, 0.3) is 66.4 Å². The molecule has 0 bridgehead atoms. The fraction of sp³-hybridized carbons (Fsp3) is 0.0986. The molecule has 0 amide bonds. The molecule has 0 radical (unpaired) electrons. The van der Waals surface area contributed by atoms with Gasteiger partial charge in [0.2, 0.25) is 0 Å². The molecule has 14 rings (SSSR count). The minimum Gasteiger partial charge on any atom is -0.0894 e. The summed E-state index contributed by atoms with van der Waals surface area (Å²) >= 11 is 1.90. The van der Waals surface area contributed by atoms with E-state index in [4.69, 9.17) is 0 Å². The number of aryl methyl sites for hydroxylation is 1. The predicted octanol–water partition coefficient (Wildman–Crippen LogP) is 18.7. The first-order valence-electron chi connectivity index (χ1n) is 25.6. The Morgan fingerprint density at radius 2 is 0.875 bits per heavy atom. The minimum atomic E-state index is -0.402. The third-order valence-corrected chi connectivity index (χ3v) is 17.7. The molecule has 342 valence electrons. The molecule has 1 aliphatic heterocycles. The molecule has 11 aromatic rings. The van der Waals surface area contributed by atoms with Gasteiger partial charge in [-0.15, -0.1) is 0 Å². The van der Waals surface area contributed by atoms with Gasteiger partial charge in [0.1, 0.15) is 0 Å². The zero-order valence-corrected chi connectivity index (χ0v) is 41.4. The summed E-state index contributed by atoms with van der Waals surface area (Å²) in [4.78, 5) is 2.66. The van der Waals surface area contributed by atoms with E-state index in [-0.39, 0.29) is 11.3 Å². The summed E-state index contributed by atoms with van der Waals surface area (Å²) in [5, 5.41) is 2.57. The van der Waals surface area contributed by atoms with Gasteiger partial charge >= 0.3 is 0 Å². The van der Waals surface area contributed by atoms with E-state index in [2.05, 4.69) is 263 Å². The lowest BCUT2D eigenvalue weighted by atomic mass is 9.67. The van der Waals surface area contributed by atoms with Crippen molar-refractivity contribution in [3.05, 3.63) is 299 Å². The highest BCUT2D eigenvalue weighted by molar-refractivity contribution is 7.99. The average Bonchev–Trinajstić information content (AvgIpc) is 3.85. The standard InChI is InChI=1S/C71H52S/c1-70(2)62-30-14-12-28-58(62)60-40-37-49(45-67(60)70)53-41-42-57(56-27-11-10-26-55(53)56)51-23-7-6-22-47(51)36-39-52(54-25-9-8-24-50(54)46-20-4-3-5-21-46)48-38-43-64-61(44-48)59-29-13-15-31-63(59)71(64)65-32-16-18-34-68(65)72-69-35-19-17-33-66(69)71/h3-35,37-38,40-45,52H,36,39H2,1-2H3. The second-order valence-corrected chi connectivity index (χ2v) is 21.6. The summed E-state index contributed by atoms with van der Waals surface area (Å²) in [6, 6.07) is 94.2. The SMILES string of the molecule is CC1(C)c2ccccc2-c2ccc(-c3ccc(-c4ccccc4CCC(c4ccc5c(c4)-c4ccccc4C54c5ccccc5Sc5ccccc54)c4ccccc4-c4ccccc4)c4ccccc34)cc21. The summed E-state index contributed by atoms with van der Waals surface area (Å²) in [7, 11) is 0. The fourth-order valence-corrected chi connectivity index (χ4v) is 14.4. The van der Waals surface area contributed by atoms with Gasteiger partial charge in [0.05, 0.1) is 5.41 Å². The van der Waals surface area contributed by atoms with Crippen LogP contribution >= 0.6 is 11.8 Å². The Bertz CT molecular complexity index is 3900. The van der Waals surface area contributed by atoms with Crippen molar-refractivity contribution in [3.8, 4) is 55.6 Å². The largest absolute Gasteiger partial charge is 0.0894 e. The fourth-order valence-electron chi connectivity index (χ4n) is 13.2. The number of hydrogen-bond acceptors (Lipinski definition) is 1. The normalized spacial score (nSPS) is 14.5. The summed E-state index contributed by atoms with van der Waals surface area (Å²) in [6.45, 7) is 4.75. The lowest BCUT2D eigenvalue weighted by Crippen LogP contribution is -2.31. The van der Waals surface area contributed by atoms with E-state index in [0.29, 0.717) is 0 Å². The first kappa shape index (κ1) is 42.9. The van der Waals surface area contributed by atoms with E-state index in [1.807, 2.05) is 11.8 Å². The van der Waals surface area contributed by atoms with E-state index in [9.17, 15) is 0 Å². The second kappa shape index (κ2) is 16.8. The van der Waals surface area contributed by atoms with Crippen molar-refractivity contribution in [1.82, 2.24) is 0 Å². The van der Waals surface area contributed by atoms with Crippen LogP contribution in [0.3, 0.4) is 0 Å². The van der Waals surface area contributed by atoms with Gasteiger partial charge in [0.15, 0.2) is 0 Å². The van der Waals surface area contributed by atoms with Crippen LogP contribution in [-0.4, -0.2) is 0 Å². The molecular formula is C71H52S. The van der Waals surface area contributed by atoms with Gasteiger partial charge in [-0.25, -0.2) is 0 Å². The first-order chi connectivity index (χ1) is 35.5. The summed E-state index contributed by atoms with van der Waals surface area (Å²) in [5.41, 5.74) is 25.0. The lowest BCUT2D eigenvalue weighted by Gasteiger charge is -2.39. The average molecular weight is 937 g/mol. The monoisotopic (exact) mass is 936 g/mol. The van der Waals surface area contributed by atoms with Crippen molar-refractivity contribution >= 4 is 22.5 Å². The van der Waals surface area contributed by atoms with Crippen LogP contribution in [0.1, 0.15) is 76.3 Å². The number of rotatable bonds is 8. The Kier molecular flexibility index (Phi) is 10.0. The molecule has 72 heavy (non-hydrogen) atoms. The number of hydrogen-bond donors (Lipinski definition) is 0. The van der Waals surface area contributed by atoms with Crippen molar-refractivity contribution in [3.63, 3.8) is 0 Å². The van der Waals surface area contributed by atoms with E-state index >= 15 is 0 Å². The van der Waals surface area contributed by atoms with Crippen molar-refractivity contribution < 1.29 is 0 Å². The molecule has 0 N–H and O–H groups in total. The van der Waals surface area contributed by atoms with Gasteiger partial charge in [0.25, 0.3) is 0 Å². The third kappa shape index (κ3) is 6.47. The Balaban J connectivity index is 0.886. The highest BCUT2D eigenvalue weighted by Crippen LogP contribution is 2.62. The molecule has 0 saturated heterocycles. The summed E-state index contributed by atoms with van der Waals surface area (Å²) < 4.78 is 0. The maximum absolute atomic E-state index is 2.57. The van der Waals surface area contributed by atoms with E-state index < -0.39 is 5.41 Å². The van der Waals surface area contributed by atoms with Gasteiger partial charge < -0.3 is 0 Å². The molecule has 0 saturated carbocycles. The molecule has 0 aromatic heterocycles. The number of benzene rings is 11. The predicted molar refractivity (Wildman–Crippen MR) is 302 cm³/mol. The van der Waals surface area contributed by atoms with E-state index in [0.717, 1.165) is 12.8 Å². The molecule has 0 fully saturated rings. The quantitative estimate of drug-likeness (QED) is 0.146. The van der Waals surface area contributed by atoms with Gasteiger partial charge in [0, 0.05) is 21.1 Å². The van der Waals surface area contributed by atoms with E-state index in [1.54, 1.807) is 0 Å².